The molecule has 9 heteroatoms. The van der Waals surface area contributed by atoms with Crippen LogP contribution in [-0.2, 0) is 21.4 Å². The van der Waals surface area contributed by atoms with Crippen LogP contribution in [0.2, 0.25) is 0 Å². The number of nitrogens with zero attached hydrogens (tertiary/aromatic N) is 2. The molecule has 4 rings (SSSR count). The minimum absolute atomic E-state index is 0.0270. The van der Waals surface area contributed by atoms with Crippen molar-refractivity contribution in [2.24, 2.45) is 10.3 Å². The summed E-state index contributed by atoms with van der Waals surface area (Å²) in [6, 6.07) is 12.9. The average molecular weight is 472 g/mol. The first-order chi connectivity index (χ1) is 15.8. The lowest BCUT2D eigenvalue weighted by molar-refractivity contribution is -0.126. The van der Waals surface area contributed by atoms with Crippen LogP contribution in [0.25, 0.3) is 4.91 Å². The molecule has 0 aliphatic carbocycles. The van der Waals surface area contributed by atoms with Crippen molar-refractivity contribution in [3.63, 3.8) is 0 Å². The maximum atomic E-state index is 13.3. The van der Waals surface area contributed by atoms with E-state index in [4.69, 9.17) is 4.74 Å². The van der Waals surface area contributed by atoms with Gasteiger partial charge in [0.05, 0.1) is 7.11 Å². The van der Waals surface area contributed by atoms with Crippen molar-refractivity contribution < 1.29 is 22.3 Å². The van der Waals surface area contributed by atoms with Crippen molar-refractivity contribution in [1.82, 2.24) is 10.2 Å². The summed E-state index contributed by atoms with van der Waals surface area (Å²) in [4.78, 5) is 14.7. The van der Waals surface area contributed by atoms with Gasteiger partial charge in [-0.3, -0.25) is 4.79 Å². The number of rotatable bonds is 5. The van der Waals surface area contributed by atoms with E-state index in [0.29, 0.717) is 49.4 Å². The molecule has 0 radical (unpaired) electrons. The maximum Gasteiger partial charge on any atom is 0.285 e. The Morgan fingerprint density at radius 1 is 1.15 bits per heavy atom. The fourth-order valence-corrected chi connectivity index (χ4v) is 5.80. The predicted octanol–water partition coefficient (Wildman–Crippen LogP) is 3.34. The summed E-state index contributed by atoms with van der Waals surface area (Å²) in [5.74, 6) is 0.519. The third-order valence-corrected chi connectivity index (χ3v) is 7.53. The Morgan fingerprint density at radius 3 is 2.48 bits per heavy atom. The Hall–Kier alpha value is -3.20. The van der Waals surface area contributed by atoms with Crippen LogP contribution in [0.3, 0.4) is 0 Å². The molecular weight excluding hydrogens is 445 g/mol. The van der Waals surface area contributed by atoms with Gasteiger partial charge in [0, 0.05) is 36.7 Å². The van der Waals surface area contributed by atoms with Gasteiger partial charge in [0.15, 0.2) is 0 Å². The van der Waals surface area contributed by atoms with E-state index in [1.165, 1.54) is 24.3 Å². The van der Waals surface area contributed by atoms with Gasteiger partial charge in [0.2, 0.25) is 5.91 Å². The first-order valence-corrected chi connectivity index (χ1v) is 12.2. The lowest BCUT2D eigenvalue weighted by atomic mass is 9.95. The SMILES string of the molecule is COc1ccccc1CNC(=O)C1CCN(C2=NS(=O)(=O)C(c3ccc(F)cc3)=C2C)CC1. The Labute approximate surface area is 193 Å². The average Bonchev–Trinajstić information content (AvgIpc) is 3.07. The summed E-state index contributed by atoms with van der Waals surface area (Å²) in [6.07, 6.45) is 1.19. The molecule has 7 nitrogen and oxygen atoms in total. The summed E-state index contributed by atoms with van der Waals surface area (Å²) in [5, 5.41) is 2.98. The number of halogens is 1. The number of piperidine rings is 1. The van der Waals surface area contributed by atoms with E-state index in [1.54, 1.807) is 14.0 Å². The van der Waals surface area contributed by atoms with Gasteiger partial charge in [-0.2, -0.15) is 8.42 Å². The third kappa shape index (κ3) is 4.78. The van der Waals surface area contributed by atoms with Crippen molar-refractivity contribution in [3.05, 3.63) is 71.0 Å². The van der Waals surface area contributed by atoms with Crippen molar-refractivity contribution in [1.29, 1.82) is 0 Å². The first kappa shape index (κ1) is 23.0. The highest BCUT2D eigenvalue weighted by Crippen LogP contribution is 2.34. The summed E-state index contributed by atoms with van der Waals surface area (Å²) in [7, 11) is -2.27. The maximum absolute atomic E-state index is 13.3. The quantitative estimate of drug-likeness (QED) is 0.723. The Balaban J connectivity index is 1.40. The number of methoxy groups -OCH3 is 1. The number of amides is 1. The first-order valence-electron chi connectivity index (χ1n) is 10.8. The Bertz CT molecular complexity index is 1210. The molecule has 33 heavy (non-hydrogen) atoms. The molecule has 2 heterocycles. The van der Waals surface area contributed by atoms with Crippen LogP contribution in [-0.4, -0.2) is 45.3 Å². The highest BCUT2D eigenvalue weighted by molar-refractivity contribution is 8.00. The second-order valence-corrected chi connectivity index (χ2v) is 9.68. The van der Waals surface area contributed by atoms with E-state index >= 15 is 0 Å². The van der Waals surface area contributed by atoms with E-state index in [0.717, 1.165) is 11.3 Å². The van der Waals surface area contributed by atoms with Crippen LogP contribution in [0.4, 0.5) is 4.39 Å². The number of amidine groups is 1. The molecule has 0 spiro atoms. The topological polar surface area (TPSA) is 88.1 Å². The Morgan fingerprint density at radius 2 is 1.82 bits per heavy atom. The molecule has 2 aromatic carbocycles. The van der Waals surface area contributed by atoms with Crippen LogP contribution < -0.4 is 10.1 Å². The second-order valence-electron chi connectivity index (χ2n) is 8.14. The van der Waals surface area contributed by atoms with E-state index in [2.05, 4.69) is 9.71 Å². The van der Waals surface area contributed by atoms with E-state index in [-0.39, 0.29) is 16.7 Å². The number of ether oxygens (including phenoxy) is 1. The number of carbonyl (C=O) groups excluding carboxylic acids is 1. The van der Waals surface area contributed by atoms with Gasteiger partial charge in [-0.1, -0.05) is 30.3 Å². The van der Waals surface area contributed by atoms with Crippen LogP contribution >= 0.6 is 0 Å². The molecule has 174 valence electrons. The summed E-state index contributed by atoms with van der Waals surface area (Å²) in [5.41, 5.74) is 1.87. The number of carbonyl (C=O) groups is 1. The summed E-state index contributed by atoms with van der Waals surface area (Å²) >= 11 is 0. The lowest BCUT2D eigenvalue weighted by Gasteiger charge is -2.32. The number of hydrogen-bond acceptors (Lipinski definition) is 5. The fourth-order valence-electron chi connectivity index (χ4n) is 4.31. The molecule has 1 amide bonds. The van der Waals surface area contributed by atoms with Gasteiger partial charge in [-0.25, -0.2) is 4.39 Å². The number of benzene rings is 2. The Kier molecular flexibility index (Phi) is 6.51. The molecule has 2 aliphatic heterocycles. The van der Waals surface area contributed by atoms with Gasteiger partial charge in [-0.05, 0) is 43.5 Å². The van der Waals surface area contributed by atoms with Crippen LogP contribution in [0.5, 0.6) is 5.75 Å². The smallest absolute Gasteiger partial charge is 0.285 e. The normalized spacial score (nSPS) is 18.3. The fraction of sp³-hybridized carbons (Fsp3) is 0.333. The van der Waals surface area contributed by atoms with Crippen molar-refractivity contribution in [3.8, 4) is 5.75 Å². The zero-order valence-corrected chi connectivity index (χ0v) is 19.4. The molecule has 2 aromatic rings. The molecule has 0 saturated carbocycles. The number of sulfonamides is 1. The molecule has 1 saturated heterocycles. The van der Waals surface area contributed by atoms with Gasteiger partial charge >= 0.3 is 0 Å². The number of hydrogen-bond donors (Lipinski definition) is 1. The predicted molar refractivity (Wildman–Crippen MR) is 124 cm³/mol. The van der Waals surface area contributed by atoms with Crippen LogP contribution in [0, 0.1) is 11.7 Å². The third-order valence-electron chi connectivity index (χ3n) is 6.06. The van der Waals surface area contributed by atoms with Gasteiger partial charge < -0.3 is 15.0 Å². The standard InChI is InChI=1S/C24H26FN3O4S/c1-16-22(17-7-9-20(25)10-8-17)33(30,31)27-23(16)28-13-11-18(12-14-28)24(29)26-15-19-5-3-4-6-21(19)32-2/h3-10,18H,11-15H2,1-2H3,(H,26,29). The van der Waals surface area contributed by atoms with E-state index in [9.17, 15) is 17.6 Å². The highest BCUT2D eigenvalue weighted by atomic mass is 32.2. The largest absolute Gasteiger partial charge is 0.496 e. The second kappa shape index (κ2) is 9.35. The lowest BCUT2D eigenvalue weighted by Crippen LogP contribution is -2.43. The van der Waals surface area contributed by atoms with E-state index in [1.807, 2.05) is 29.2 Å². The summed E-state index contributed by atoms with van der Waals surface area (Å²) in [6.45, 7) is 3.15. The molecule has 0 bridgehead atoms. The molecule has 1 N–H and O–H groups in total. The molecule has 0 aromatic heterocycles. The van der Waals surface area contributed by atoms with Gasteiger partial charge in [0.25, 0.3) is 10.0 Å². The number of nitrogens with one attached hydrogen (secondary N) is 1. The molecule has 1 fully saturated rings. The minimum atomic E-state index is -3.86. The van der Waals surface area contributed by atoms with Gasteiger partial charge in [0.1, 0.15) is 22.3 Å². The highest BCUT2D eigenvalue weighted by Gasteiger charge is 2.35. The monoisotopic (exact) mass is 471 g/mol. The number of para-hydroxylation sites is 1. The summed E-state index contributed by atoms with van der Waals surface area (Å²) < 4.78 is 48.0. The molecule has 0 unspecified atom stereocenters. The van der Waals surface area contributed by atoms with Crippen molar-refractivity contribution in [2.75, 3.05) is 20.2 Å². The zero-order chi connectivity index (χ0) is 23.6. The van der Waals surface area contributed by atoms with Crippen molar-refractivity contribution in [2.45, 2.75) is 26.3 Å². The number of likely N-dealkylation sites (tertiary alicyclic amines) is 1. The van der Waals surface area contributed by atoms with E-state index < -0.39 is 15.8 Å². The zero-order valence-electron chi connectivity index (χ0n) is 18.5. The molecule has 2 aliphatic rings. The van der Waals surface area contributed by atoms with Crippen LogP contribution in [0.1, 0.15) is 30.9 Å². The minimum Gasteiger partial charge on any atom is -0.496 e. The molecule has 0 atom stereocenters. The van der Waals surface area contributed by atoms with Crippen LogP contribution in [0.15, 0.2) is 58.5 Å². The molecular formula is C24H26FN3O4S. The van der Waals surface area contributed by atoms with Crippen molar-refractivity contribution >= 4 is 26.7 Å². The van der Waals surface area contributed by atoms with Gasteiger partial charge in [-0.15, -0.1) is 4.40 Å².